The zero-order chi connectivity index (χ0) is 15.0. The molecule has 0 fully saturated rings. The van der Waals surface area contributed by atoms with Gasteiger partial charge in [-0.3, -0.25) is 9.59 Å². The molecular formula is C13H18ClN3O3. The van der Waals surface area contributed by atoms with E-state index >= 15 is 0 Å². The number of rotatable bonds is 7. The second kappa shape index (κ2) is 8.39. The molecule has 20 heavy (non-hydrogen) atoms. The van der Waals surface area contributed by atoms with Crippen LogP contribution < -0.4 is 16.4 Å². The van der Waals surface area contributed by atoms with Gasteiger partial charge in [-0.15, -0.1) is 0 Å². The molecule has 0 saturated carbocycles. The molecule has 6 nitrogen and oxygen atoms in total. The Kier molecular flexibility index (Phi) is 6.83. The lowest BCUT2D eigenvalue weighted by Gasteiger charge is -2.08. The Balaban J connectivity index is 2.34. The van der Waals surface area contributed by atoms with Crippen LogP contribution >= 0.6 is 11.6 Å². The Hall–Kier alpha value is -1.79. The van der Waals surface area contributed by atoms with Gasteiger partial charge in [0, 0.05) is 37.3 Å². The minimum atomic E-state index is -0.330. The largest absolute Gasteiger partial charge is 0.398 e. The van der Waals surface area contributed by atoms with Crippen molar-refractivity contribution >= 4 is 29.1 Å². The van der Waals surface area contributed by atoms with Crippen LogP contribution in [0.2, 0.25) is 5.02 Å². The number of anilines is 1. The van der Waals surface area contributed by atoms with Crippen molar-refractivity contribution in [2.24, 2.45) is 0 Å². The third kappa shape index (κ3) is 5.46. The smallest absolute Gasteiger partial charge is 0.253 e. The van der Waals surface area contributed by atoms with Gasteiger partial charge < -0.3 is 21.1 Å². The molecule has 4 N–H and O–H groups in total. The zero-order valence-corrected chi connectivity index (χ0v) is 12.0. The molecule has 0 atom stereocenters. The summed E-state index contributed by atoms with van der Waals surface area (Å²) in [6.45, 7) is 1.15. The number of halogens is 1. The Morgan fingerprint density at radius 1 is 1.30 bits per heavy atom. The van der Waals surface area contributed by atoms with E-state index in [9.17, 15) is 9.59 Å². The Bertz CT molecular complexity index is 480. The molecule has 0 aliphatic heterocycles. The van der Waals surface area contributed by atoms with Crippen molar-refractivity contribution < 1.29 is 14.3 Å². The normalized spacial score (nSPS) is 10.1. The molecule has 1 aromatic rings. The van der Waals surface area contributed by atoms with Crippen LogP contribution in [-0.2, 0) is 9.53 Å². The SMILES string of the molecule is COCCNC(=O)CCNC(=O)c1ccc(Cl)cc1N. The molecule has 1 aromatic carbocycles. The first-order chi connectivity index (χ1) is 9.54. The molecule has 1 rings (SSSR count). The highest BCUT2D eigenvalue weighted by Crippen LogP contribution is 2.17. The third-order valence-electron chi connectivity index (χ3n) is 2.52. The standard InChI is InChI=1S/C13H18ClN3O3/c1-20-7-6-16-12(18)4-5-17-13(19)10-3-2-9(14)8-11(10)15/h2-3,8H,4-7,15H2,1H3,(H,16,18)(H,17,19). The van der Waals surface area contributed by atoms with Gasteiger partial charge in [0.15, 0.2) is 0 Å². The van der Waals surface area contributed by atoms with Gasteiger partial charge in [-0.2, -0.15) is 0 Å². The summed E-state index contributed by atoms with van der Waals surface area (Å²) in [7, 11) is 1.56. The fourth-order valence-corrected chi connectivity index (χ4v) is 1.69. The third-order valence-corrected chi connectivity index (χ3v) is 2.76. The lowest BCUT2D eigenvalue weighted by atomic mass is 10.1. The van der Waals surface area contributed by atoms with Gasteiger partial charge >= 0.3 is 0 Å². The van der Waals surface area contributed by atoms with E-state index in [0.717, 1.165) is 0 Å². The van der Waals surface area contributed by atoms with Crippen molar-refractivity contribution in [3.63, 3.8) is 0 Å². The summed E-state index contributed by atoms with van der Waals surface area (Å²) in [5, 5.41) is 5.75. The summed E-state index contributed by atoms with van der Waals surface area (Å²) in [6.07, 6.45) is 0.197. The number of hydrogen-bond donors (Lipinski definition) is 3. The van der Waals surface area contributed by atoms with E-state index in [4.69, 9.17) is 22.1 Å². The van der Waals surface area contributed by atoms with E-state index in [1.807, 2.05) is 0 Å². The van der Waals surface area contributed by atoms with E-state index in [0.29, 0.717) is 29.4 Å². The number of methoxy groups -OCH3 is 1. The molecule has 0 aromatic heterocycles. The second-order valence-corrected chi connectivity index (χ2v) is 4.52. The van der Waals surface area contributed by atoms with Gasteiger partial charge in [-0.05, 0) is 18.2 Å². The topological polar surface area (TPSA) is 93.5 Å². The van der Waals surface area contributed by atoms with E-state index in [1.54, 1.807) is 19.2 Å². The molecule has 110 valence electrons. The van der Waals surface area contributed by atoms with Crippen molar-refractivity contribution in [1.29, 1.82) is 0 Å². The first kappa shape index (κ1) is 16.3. The van der Waals surface area contributed by atoms with Crippen LogP contribution in [0.3, 0.4) is 0 Å². The maximum absolute atomic E-state index is 11.8. The van der Waals surface area contributed by atoms with E-state index in [1.165, 1.54) is 6.07 Å². The van der Waals surface area contributed by atoms with Crippen molar-refractivity contribution in [2.75, 3.05) is 32.5 Å². The predicted molar refractivity (Wildman–Crippen MR) is 77.7 cm³/mol. The number of carbonyl (C=O) groups excluding carboxylic acids is 2. The molecule has 0 aliphatic rings. The van der Waals surface area contributed by atoms with Crippen molar-refractivity contribution in [1.82, 2.24) is 10.6 Å². The lowest BCUT2D eigenvalue weighted by molar-refractivity contribution is -0.121. The molecule has 7 heteroatoms. The van der Waals surface area contributed by atoms with Crippen LogP contribution in [0.4, 0.5) is 5.69 Å². The number of hydrogen-bond acceptors (Lipinski definition) is 4. The number of benzene rings is 1. The molecule has 0 radical (unpaired) electrons. The van der Waals surface area contributed by atoms with Gasteiger partial charge in [0.05, 0.1) is 12.2 Å². The number of nitrogens with two attached hydrogens (primary N) is 1. The predicted octanol–water partition coefficient (Wildman–Crippen LogP) is 0.805. The van der Waals surface area contributed by atoms with Gasteiger partial charge in [0.2, 0.25) is 5.91 Å². The minimum Gasteiger partial charge on any atom is -0.398 e. The molecule has 0 bridgehead atoms. The van der Waals surface area contributed by atoms with Crippen molar-refractivity contribution in [2.45, 2.75) is 6.42 Å². The monoisotopic (exact) mass is 299 g/mol. The fourth-order valence-electron chi connectivity index (χ4n) is 1.51. The molecule has 0 unspecified atom stereocenters. The summed E-state index contributed by atoms with van der Waals surface area (Å²) >= 11 is 5.75. The summed E-state index contributed by atoms with van der Waals surface area (Å²) < 4.78 is 4.81. The maximum atomic E-state index is 11.8. The Morgan fingerprint density at radius 3 is 2.70 bits per heavy atom. The highest BCUT2D eigenvalue weighted by molar-refractivity contribution is 6.31. The average molecular weight is 300 g/mol. The van der Waals surface area contributed by atoms with Gasteiger partial charge in [0.1, 0.15) is 0 Å². The molecule has 0 aliphatic carbocycles. The molecule has 0 heterocycles. The number of nitrogens with one attached hydrogen (secondary N) is 2. The molecule has 0 spiro atoms. The number of amides is 2. The van der Waals surface area contributed by atoms with Crippen LogP contribution in [0.5, 0.6) is 0 Å². The Morgan fingerprint density at radius 2 is 2.05 bits per heavy atom. The van der Waals surface area contributed by atoms with E-state index in [-0.39, 0.29) is 24.8 Å². The average Bonchev–Trinajstić information content (AvgIpc) is 2.38. The maximum Gasteiger partial charge on any atom is 0.253 e. The fraction of sp³-hybridized carbons (Fsp3) is 0.385. The molecule has 0 saturated heterocycles. The van der Waals surface area contributed by atoms with Crippen molar-refractivity contribution in [3.05, 3.63) is 28.8 Å². The number of nitrogen functional groups attached to an aromatic ring is 1. The summed E-state index contributed by atoms with van der Waals surface area (Å²) in [5.74, 6) is -0.477. The summed E-state index contributed by atoms with van der Waals surface area (Å²) in [4.78, 5) is 23.2. The second-order valence-electron chi connectivity index (χ2n) is 4.08. The summed E-state index contributed by atoms with van der Waals surface area (Å²) in [6, 6.07) is 4.64. The lowest BCUT2D eigenvalue weighted by Crippen LogP contribution is -2.32. The summed E-state index contributed by atoms with van der Waals surface area (Å²) in [5.41, 5.74) is 6.34. The minimum absolute atomic E-state index is 0.147. The van der Waals surface area contributed by atoms with Crippen LogP contribution in [0.1, 0.15) is 16.8 Å². The molecular weight excluding hydrogens is 282 g/mol. The van der Waals surface area contributed by atoms with E-state index < -0.39 is 0 Å². The quantitative estimate of drug-likeness (QED) is 0.513. The molecule has 2 amide bonds. The zero-order valence-electron chi connectivity index (χ0n) is 11.2. The van der Waals surface area contributed by atoms with Gasteiger partial charge in [-0.1, -0.05) is 11.6 Å². The van der Waals surface area contributed by atoms with Crippen LogP contribution in [0, 0.1) is 0 Å². The van der Waals surface area contributed by atoms with Gasteiger partial charge in [-0.25, -0.2) is 0 Å². The number of ether oxygens (including phenoxy) is 1. The Labute approximate surface area is 122 Å². The van der Waals surface area contributed by atoms with Crippen LogP contribution in [0.15, 0.2) is 18.2 Å². The number of carbonyl (C=O) groups is 2. The highest BCUT2D eigenvalue weighted by atomic mass is 35.5. The van der Waals surface area contributed by atoms with Crippen molar-refractivity contribution in [3.8, 4) is 0 Å². The highest BCUT2D eigenvalue weighted by Gasteiger charge is 2.10. The first-order valence-corrected chi connectivity index (χ1v) is 6.51. The van der Waals surface area contributed by atoms with Crippen LogP contribution in [0.25, 0.3) is 0 Å². The van der Waals surface area contributed by atoms with Crippen LogP contribution in [-0.4, -0.2) is 38.6 Å². The first-order valence-electron chi connectivity index (χ1n) is 6.13. The van der Waals surface area contributed by atoms with Gasteiger partial charge in [0.25, 0.3) is 5.91 Å². The van der Waals surface area contributed by atoms with E-state index in [2.05, 4.69) is 10.6 Å².